The first kappa shape index (κ1) is 29.0. The van der Waals surface area contributed by atoms with E-state index in [-0.39, 0.29) is 12.6 Å². The number of hydrogen-bond acceptors (Lipinski definition) is 8. The molecule has 41 heavy (non-hydrogen) atoms. The Hall–Kier alpha value is -3.51. The van der Waals surface area contributed by atoms with Gasteiger partial charge in [-0.05, 0) is 55.7 Å². The SMILES string of the molecule is Cc1nc2ccc(Cl)cc2n1Cc1csc(CNC(=O)[C@H](O)[C@@H](O)C(=O)N2CCCC2c2cccc(N(C)C)c2)n1. The van der Waals surface area contributed by atoms with Crippen molar-refractivity contribution in [1.82, 2.24) is 24.8 Å². The summed E-state index contributed by atoms with van der Waals surface area (Å²) in [7, 11) is 3.89. The summed E-state index contributed by atoms with van der Waals surface area (Å²) in [5, 5.41) is 26.9. The van der Waals surface area contributed by atoms with E-state index in [0.717, 1.165) is 46.6 Å². The Labute approximate surface area is 247 Å². The van der Waals surface area contributed by atoms with E-state index in [4.69, 9.17) is 11.6 Å². The number of aliphatic hydroxyl groups is 2. The molecule has 1 aliphatic heterocycles. The number of thiazole rings is 1. The van der Waals surface area contributed by atoms with E-state index < -0.39 is 24.0 Å². The molecule has 2 amide bonds. The Balaban J connectivity index is 1.18. The third kappa shape index (κ3) is 6.23. The molecule has 3 N–H and O–H groups in total. The van der Waals surface area contributed by atoms with E-state index in [2.05, 4.69) is 15.3 Å². The third-order valence-corrected chi connectivity index (χ3v) is 8.50. The molecule has 4 aromatic rings. The summed E-state index contributed by atoms with van der Waals surface area (Å²) in [6, 6.07) is 13.2. The van der Waals surface area contributed by atoms with Crippen LogP contribution in [0.1, 0.15) is 41.0 Å². The van der Waals surface area contributed by atoms with Crippen LogP contribution in [0.15, 0.2) is 47.8 Å². The number of carbonyl (C=O) groups excluding carboxylic acids is 2. The summed E-state index contributed by atoms with van der Waals surface area (Å²) in [6.07, 6.45) is -2.26. The maximum absolute atomic E-state index is 13.2. The standard InChI is InChI=1S/C29H33ClN6O4S/c1-17-32-22-10-9-19(30)13-24(22)36(17)15-20-16-41-25(33-20)14-31-28(39)26(37)27(38)29(40)35-11-5-8-23(35)18-6-4-7-21(12-18)34(2)3/h4,6-7,9-10,12-13,16,23,26-27,37-38H,5,8,11,14-15H2,1-3H3,(H,31,39)/t23?,26-,27-/m1/s1. The zero-order valence-corrected chi connectivity index (χ0v) is 24.7. The number of anilines is 1. The zero-order valence-electron chi connectivity index (χ0n) is 23.1. The van der Waals surface area contributed by atoms with Gasteiger partial charge in [0.2, 0.25) is 0 Å². The fourth-order valence-electron chi connectivity index (χ4n) is 5.18. The van der Waals surface area contributed by atoms with Gasteiger partial charge in [0.25, 0.3) is 11.8 Å². The van der Waals surface area contributed by atoms with E-state index in [1.54, 1.807) is 11.0 Å². The van der Waals surface area contributed by atoms with Crippen molar-refractivity contribution < 1.29 is 19.8 Å². The number of likely N-dealkylation sites (tertiary alicyclic amines) is 1. The second-order valence-electron chi connectivity index (χ2n) is 10.4. The predicted molar refractivity (Wildman–Crippen MR) is 159 cm³/mol. The lowest BCUT2D eigenvalue weighted by atomic mass is 10.0. The second-order valence-corrected chi connectivity index (χ2v) is 11.8. The average Bonchev–Trinajstić information content (AvgIpc) is 3.70. The molecule has 2 aromatic carbocycles. The smallest absolute Gasteiger partial charge is 0.255 e. The summed E-state index contributed by atoms with van der Waals surface area (Å²) in [6.45, 7) is 2.90. The fourth-order valence-corrected chi connectivity index (χ4v) is 6.07. The number of aryl methyl sites for hydroxylation is 1. The number of aromatic nitrogens is 3. The maximum Gasteiger partial charge on any atom is 0.255 e. The highest BCUT2D eigenvalue weighted by molar-refractivity contribution is 7.09. The van der Waals surface area contributed by atoms with Crippen molar-refractivity contribution in [1.29, 1.82) is 0 Å². The van der Waals surface area contributed by atoms with Crippen LogP contribution < -0.4 is 10.2 Å². The Bertz CT molecular complexity index is 1570. The maximum atomic E-state index is 13.2. The minimum Gasteiger partial charge on any atom is -0.380 e. The van der Waals surface area contributed by atoms with Gasteiger partial charge in [-0.15, -0.1) is 11.3 Å². The number of fused-ring (bicyclic) bond motifs is 1. The molecule has 0 aliphatic carbocycles. The second kappa shape index (κ2) is 12.2. The fraction of sp³-hybridized carbons (Fsp3) is 0.379. The van der Waals surface area contributed by atoms with Crippen LogP contribution in [0.4, 0.5) is 5.69 Å². The molecule has 1 unspecified atom stereocenters. The molecule has 3 atom stereocenters. The highest BCUT2D eigenvalue weighted by Gasteiger charge is 2.38. The van der Waals surface area contributed by atoms with Gasteiger partial charge in [0.15, 0.2) is 12.2 Å². The van der Waals surface area contributed by atoms with Gasteiger partial charge in [0.05, 0.1) is 35.9 Å². The van der Waals surface area contributed by atoms with Gasteiger partial charge in [-0.3, -0.25) is 9.59 Å². The molecule has 0 spiro atoms. The van der Waals surface area contributed by atoms with Gasteiger partial charge in [-0.25, -0.2) is 9.97 Å². The number of amides is 2. The van der Waals surface area contributed by atoms with Crippen LogP contribution in [0, 0.1) is 6.92 Å². The van der Waals surface area contributed by atoms with Crippen molar-refractivity contribution in [3.05, 3.63) is 75.0 Å². The molecule has 5 rings (SSSR count). The summed E-state index contributed by atoms with van der Waals surface area (Å²) < 4.78 is 2.02. The number of hydrogen-bond donors (Lipinski definition) is 3. The first-order chi connectivity index (χ1) is 19.6. The third-order valence-electron chi connectivity index (χ3n) is 7.36. The Morgan fingerprint density at radius 2 is 1.98 bits per heavy atom. The van der Waals surface area contributed by atoms with Crippen molar-refractivity contribution >= 4 is 51.5 Å². The van der Waals surface area contributed by atoms with Crippen LogP contribution in [-0.2, 0) is 22.7 Å². The molecular weight excluding hydrogens is 564 g/mol. The van der Waals surface area contributed by atoms with Crippen LogP contribution in [-0.4, -0.2) is 74.3 Å². The summed E-state index contributed by atoms with van der Waals surface area (Å²) in [5.74, 6) is -0.665. The molecule has 216 valence electrons. The molecule has 1 fully saturated rings. The van der Waals surface area contributed by atoms with Gasteiger partial charge in [0, 0.05) is 36.7 Å². The Morgan fingerprint density at radius 3 is 2.76 bits per heavy atom. The van der Waals surface area contributed by atoms with Gasteiger partial charge in [-0.2, -0.15) is 0 Å². The average molecular weight is 597 g/mol. The topological polar surface area (TPSA) is 124 Å². The highest BCUT2D eigenvalue weighted by Crippen LogP contribution is 2.34. The summed E-state index contributed by atoms with van der Waals surface area (Å²) in [5.41, 5.74) is 4.50. The van der Waals surface area contributed by atoms with Crippen molar-refractivity contribution in [3.8, 4) is 0 Å². The van der Waals surface area contributed by atoms with E-state index in [1.807, 2.05) is 72.3 Å². The number of nitrogens with zero attached hydrogens (tertiary/aromatic N) is 5. The molecule has 0 radical (unpaired) electrons. The molecule has 1 aliphatic rings. The summed E-state index contributed by atoms with van der Waals surface area (Å²) >= 11 is 7.54. The van der Waals surface area contributed by atoms with E-state index >= 15 is 0 Å². The van der Waals surface area contributed by atoms with Gasteiger partial charge in [0.1, 0.15) is 10.8 Å². The number of halogens is 1. The van der Waals surface area contributed by atoms with Crippen molar-refractivity contribution in [3.63, 3.8) is 0 Å². The van der Waals surface area contributed by atoms with Crippen molar-refractivity contribution in [2.45, 2.75) is 51.1 Å². The normalized spacial score (nSPS) is 16.6. The molecule has 2 aromatic heterocycles. The number of carbonyl (C=O) groups is 2. The Kier molecular flexibility index (Phi) is 8.60. The molecule has 0 saturated carbocycles. The molecule has 3 heterocycles. The van der Waals surface area contributed by atoms with E-state index in [0.29, 0.717) is 23.1 Å². The van der Waals surface area contributed by atoms with Crippen LogP contribution in [0.2, 0.25) is 5.02 Å². The van der Waals surface area contributed by atoms with Crippen LogP contribution in [0.3, 0.4) is 0 Å². The molecule has 10 nitrogen and oxygen atoms in total. The highest BCUT2D eigenvalue weighted by atomic mass is 35.5. The van der Waals surface area contributed by atoms with Gasteiger partial charge < -0.3 is 29.9 Å². The minimum absolute atomic E-state index is 0.0562. The number of nitrogens with one attached hydrogen (secondary N) is 1. The lowest BCUT2D eigenvalue weighted by Crippen LogP contribution is -2.50. The quantitative estimate of drug-likeness (QED) is 0.271. The number of imidazole rings is 1. The Morgan fingerprint density at radius 1 is 1.17 bits per heavy atom. The molecule has 1 saturated heterocycles. The van der Waals surface area contributed by atoms with Crippen LogP contribution in [0.25, 0.3) is 11.0 Å². The number of benzene rings is 2. The number of rotatable bonds is 9. The molecule has 12 heteroatoms. The lowest BCUT2D eigenvalue weighted by molar-refractivity contribution is -0.153. The summed E-state index contributed by atoms with van der Waals surface area (Å²) in [4.78, 5) is 38.5. The van der Waals surface area contributed by atoms with Crippen LogP contribution in [0.5, 0.6) is 0 Å². The van der Waals surface area contributed by atoms with Gasteiger partial charge >= 0.3 is 0 Å². The molecule has 0 bridgehead atoms. The monoisotopic (exact) mass is 596 g/mol. The van der Waals surface area contributed by atoms with Crippen molar-refractivity contribution in [2.24, 2.45) is 0 Å². The predicted octanol–water partition coefficient (Wildman–Crippen LogP) is 3.27. The van der Waals surface area contributed by atoms with Gasteiger partial charge in [-0.1, -0.05) is 23.7 Å². The minimum atomic E-state index is -1.90. The first-order valence-electron chi connectivity index (χ1n) is 13.4. The zero-order chi connectivity index (χ0) is 29.3. The lowest BCUT2D eigenvalue weighted by Gasteiger charge is -2.29. The molecular formula is C29H33ClN6O4S. The first-order valence-corrected chi connectivity index (χ1v) is 14.7. The van der Waals surface area contributed by atoms with Crippen LogP contribution >= 0.6 is 22.9 Å². The largest absolute Gasteiger partial charge is 0.380 e. The number of aliphatic hydroxyl groups excluding tert-OH is 2. The van der Waals surface area contributed by atoms with Crippen molar-refractivity contribution in [2.75, 3.05) is 25.5 Å². The van der Waals surface area contributed by atoms with E-state index in [9.17, 15) is 19.8 Å². The van der Waals surface area contributed by atoms with E-state index in [1.165, 1.54) is 11.3 Å².